The molecule has 1 unspecified atom stereocenters. The number of rotatable bonds is 2. The third-order valence-electron chi connectivity index (χ3n) is 3.53. The molecular formula is C14H17F3N2O2. The van der Waals surface area contributed by atoms with Gasteiger partial charge in [0.2, 0.25) is 0 Å². The summed E-state index contributed by atoms with van der Waals surface area (Å²) >= 11 is 0. The van der Waals surface area contributed by atoms with Gasteiger partial charge in [0.25, 0.3) is 5.91 Å². The molecule has 1 aromatic carbocycles. The van der Waals surface area contributed by atoms with Gasteiger partial charge in [0.15, 0.2) is 0 Å². The molecule has 116 valence electrons. The first kappa shape index (κ1) is 15.6. The van der Waals surface area contributed by atoms with Gasteiger partial charge >= 0.3 is 6.18 Å². The number of halogens is 3. The molecule has 1 aliphatic heterocycles. The minimum Gasteiger partial charge on any atom is -0.391 e. The Labute approximate surface area is 120 Å². The van der Waals surface area contributed by atoms with Gasteiger partial charge in [0, 0.05) is 20.1 Å². The van der Waals surface area contributed by atoms with Crippen LogP contribution in [0.25, 0.3) is 0 Å². The largest absolute Gasteiger partial charge is 0.418 e. The monoisotopic (exact) mass is 302 g/mol. The fourth-order valence-electron chi connectivity index (χ4n) is 2.55. The molecule has 4 nitrogen and oxygen atoms in total. The lowest BCUT2D eigenvalue weighted by Gasteiger charge is -2.31. The van der Waals surface area contributed by atoms with Crippen molar-refractivity contribution in [3.05, 3.63) is 29.3 Å². The topological polar surface area (TPSA) is 52.6 Å². The van der Waals surface area contributed by atoms with Crippen molar-refractivity contribution in [2.45, 2.75) is 25.1 Å². The van der Waals surface area contributed by atoms with Crippen LogP contribution in [0.2, 0.25) is 0 Å². The first-order valence-electron chi connectivity index (χ1n) is 6.70. The van der Waals surface area contributed by atoms with E-state index in [1.54, 1.807) is 0 Å². The third-order valence-corrected chi connectivity index (χ3v) is 3.53. The zero-order chi connectivity index (χ0) is 15.6. The smallest absolute Gasteiger partial charge is 0.391 e. The van der Waals surface area contributed by atoms with Crippen LogP contribution in [-0.2, 0) is 6.18 Å². The average Bonchev–Trinajstić information content (AvgIpc) is 2.44. The molecule has 0 aromatic heterocycles. The number of hydrogen-bond acceptors (Lipinski definition) is 3. The molecule has 1 aliphatic rings. The van der Waals surface area contributed by atoms with Crippen molar-refractivity contribution in [1.82, 2.24) is 4.90 Å². The number of β-amino-alcohol motifs (C(OH)–C–C–N with tert-alkyl or cyclic N) is 1. The van der Waals surface area contributed by atoms with Gasteiger partial charge in [0.1, 0.15) is 0 Å². The van der Waals surface area contributed by atoms with Gasteiger partial charge in [-0.3, -0.25) is 4.79 Å². The molecule has 1 amide bonds. The highest BCUT2D eigenvalue weighted by molar-refractivity contribution is 6.00. The molecule has 0 radical (unpaired) electrons. The minimum atomic E-state index is -4.53. The summed E-state index contributed by atoms with van der Waals surface area (Å²) in [6.45, 7) is 0.591. The molecule has 0 spiro atoms. The Morgan fingerprint density at radius 3 is 2.71 bits per heavy atom. The van der Waals surface area contributed by atoms with E-state index in [9.17, 15) is 23.1 Å². The Kier molecular flexibility index (Phi) is 4.41. The number of amides is 1. The van der Waals surface area contributed by atoms with Gasteiger partial charge < -0.3 is 15.3 Å². The van der Waals surface area contributed by atoms with E-state index in [1.807, 2.05) is 0 Å². The lowest BCUT2D eigenvalue weighted by Crippen LogP contribution is -2.42. The Bertz CT molecular complexity index is 531. The number of alkyl halides is 3. The van der Waals surface area contributed by atoms with Crippen molar-refractivity contribution >= 4 is 11.6 Å². The third kappa shape index (κ3) is 3.29. The maximum Gasteiger partial charge on any atom is 0.418 e. The molecule has 1 atom stereocenters. The van der Waals surface area contributed by atoms with Crippen molar-refractivity contribution in [1.29, 1.82) is 0 Å². The molecule has 1 heterocycles. The summed E-state index contributed by atoms with van der Waals surface area (Å²) in [5, 5.41) is 12.1. The van der Waals surface area contributed by atoms with Gasteiger partial charge in [0.05, 0.1) is 22.9 Å². The van der Waals surface area contributed by atoms with E-state index in [-0.39, 0.29) is 17.8 Å². The van der Waals surface area contributed by atoms with Gasteiger partial charge in [-0.2, -0.15) is 13.2 Å². The highest BCUT2D eigenvalue weighted by Gasteiger charge is 2.35. The van der Waals surface area contributed by atoms with Crippen molar-refractivity contribution in [3.8, 4) is 0 Å². The zero-order valence-corrected chi connectivity index (χ0v) is 11.6. The quantitative estimate of drug-likeness (QED) is 0.881. The molecular weight excluding hydrogens is 285 g/mol. The van der Waals surface area contributed by atoms with Crippen molar-refractivity contribution in [2.75, 3.05) is 25.5 Å². The number of benzene rings is 1. The highest BCUT2D eigenvalue weighted by Crippen LogP contribution is 2.37. The Morgan fingerprint density at radius 1 is 1.43 bits per heavy atom. The van der Waals surface area contributed by atoms with Crippen LogP contribution in [0.5, 0.6) is 0 Å². The maximum absolute atomic E-state index is 13.0. The van der Waals surface area contributed by atoms with E-state index >= 15 is 0 Å². The van der Waals surface area contributed by atoms with E-state index in [2.05, 4.69) is 5.32 Å². The molecule has 1 saturated heterocycles. The second-order valence-electron chi connectivity index (χ2n) is 5.02. The molecule has 0 bridgehead atoms. The maximum atomic E-state index is 13.0. The summed E-state index contributed by atoms with van der Waals surface area (Å²) in [5.41, 5.74) is -1.12. The zero-order valence-electron chi connectivity index (χ0n) is 11.6. The number of hydrogen-bond donors (Lipinski definition) is 2. The lowest BCUT2D eigenvalue weighted by molar-refractivity contribution is -0.136. The van der Waals surface area contributed by atoms with E-state index in [0.29, 0.717) is 19.4 Å². The number of nitrogens with zero attached hydrogens (tertiary/aromatic N) is 1. The number of piperidine rings is 1. The summed E-state index contributed by atoms with van der Waals surface area (Å²) in [6, 6.07) is 3.52. The predicted octanol–water partition coefficient (Wildman–Crippen LogP) is 2.34. The standard InChI is InChI=1S/C14H17F3N2O2/c1-18-12-10(5-2-6-11(12)14(15,16)17)13(21)19-7-3-4-9(20)8-19/h2,5-6,9,18,20H,3-4,7-8H2,1H3. The Morgan fingerprint density at radius 2 is 2.14 bits per heavy atom. The molecule has 2 rings (SSSR count). The number of likely N-dealkylation sites (tertiary alicyclic amines) is 1. The van der Waals surface area contributed by atoms with E-state index in [1.165, 1.54) is 24.1 Å². The second kappa shape index (κ2) is 5.93. The van der Waals surface area contributed by atoms with E-state index in [0.717, 1.165) is 6.07 Å². The summed E-state index contributed by atoms with van der Waals surface area (Å²) < 4.78 is 38.9. The molecule has 1 aromatic rings. The first-order valence-corrected chi connectivity index (χ1v) is 6.70. The SMILES string of the molecule is CNc1c(C(=O)N2CCCC(O)C2)cccc1C(F)(F)F. The summed E-state index contributed by atoms with van der Waals surface area (Å²) in [6.07, 6.45) is -3.91. The Balaban J connectivity index is 2.37. The molecule has 2 N–H and O–H groups in total. The molecule has 0 saturated carbocycles. The van der Waals surface area contributed by atoms with Crippen molar-refractivity contribution in [2.24, 2.45) is 0 Å². The number of carbonyl (C=O) groups excluding carboxylic acids is 1. The number of aliphatic hydroxyl groups is 1. The second-order valence-corrected chi connectivity index (χ2v) is 5.02. The van der Waals surface area contributed by atoms with Crippen LogP contribution in [0, 0.1) is 0 Å². The molecule has 21 heavy (non-hydrogen) atoms. The average molecular weight is 302 g/mol. The molecule has 1 fully saturated rings. The summed E-state index contributed by atoms with van der Waals surface area (Å²) in [7, 11) is 1.35. The van der Waals surface area contributed by atoms with Crippen LogP contribution in [0.4, 0.5) is 18.9 Å². The fraction of sp³-hybridized carbons (Fsp3) is 0.500. The van der Waals surface area contributed by atoms with Crippen LogP contribution in [-0.4, -0.2) is 42.2 Å². The fourth-order valence-corrected chi connectivity index (χ4v) is 2.55. The molecule has 7 heteroatoms. The van der Waals surface area contributed by atoms with Gasteiger partial charge in [-0.15, -0.1) is 0 Å². The minimum absolute atomic E-state index is 0.0265. The normalized spacial score (nSPS) is 19.5. The van der Waals surface area contributed by atoms with Crippen molar-refractivity contribution in [3.63, 3.8) is 0 Å². The molecule has 0 aliphatic carbocycles. The highest BCUT2D eigenvalue weighted by atomic mass is 19.4. The Hall–Kier alpha value is -1.76. The number of carbonyl (C=O) groups is 1. The number of aliphatic hydroxyl groups excluding tert-OH is 1. The summed E-state index contributed by atoms with van der Waals surface area (Å²) in [5.74, 6) is -0.496. The number of nitrogens with one attached hydrogen (secondary N) is 1. The van der Waals surface area contributed by atoms with Crippen LogP contribution in [0.15, 0.2) is 18.2 Å². The van der Waals surface area contributed by atoms with Crippen LogP contribution < -0.4 is 5.32 Å². The summed E-state index contributed by atoms with van der Waals surface area (Å²) in [4.78, 5) is 13.8. The number of para-hydroxylation sites is 1. The van der Waals surface area contributed by atoms with Crippen LogP contribution >= 0.6 is 0 Å². The lowest BCUT2D eigenvalue weighted by atomic mass is 10.0. The van der Waals surface area contributed by atoms with Crippen LogP contribution in [0.3, 0.4) is 0 Å². The first-order chi connectivity index (χ1) is 9.84. The van der Waals surface area contributed by atoms with Gasteiger partial charge in [-0.05, 0) is 25.0 Å². The van der Waals surface area contributed by atoms with Crippen molar-refractivity contribution < 1.29 is 23.1 Å². The predicted molar refractivity (Wildman–Crippen MR) is 72.1 cm³/mol. The van der Waals surface area contributed by atoms with Crippen LogP contribution in [0.1, 0.15) is 28.8 Å². The number of anilines is 1. The van der Waals surface area contributed by atoms with E-state index < -0.39 is 23.8 Å². The van der Waals surface area contributed by atoms with Gasteiger partial charge in [-0.25, -0.2) is 0 Å². The van der Waals surface area contributed by atoms with E-state index in [4.69, 9.17) is 0 Å². The van der Waals surface area contributed by atoms with Gasteiger partial charge in [-0.1, -0.05) is 6.07 Å².